The fourth-order valence-corrected chi connectivity index (χ4v) is 9.25. The number of hydrogen-bond acceptors (Lipinski definition) is 7. The molecule has 54 heavy (non-hydrogen) atoms. The van der Waals surface area contributed by atoms with Gasteiger partial charge < -0.3 is 15.1 Å². The molecular weight excluding hydrogens is 710 g/mol. The second kappa shape index (κ2) is 14.4. The molecule has 8 nitrogen and oxygen atoms in total. The van der Waals surface area contributed by atoms with E-state index >= 15 is 4.79 Å². The van der Waals surface area contributed by atoms with Gasteiger partial charge in [0.25, 0.3) is 5.91 Å². The number of thioether (sulfide) groups is 1. The molecule has 0 bridgehead atoms. The number of aromatic nitrogens is 2. The van der Waals surface area contributed by atoms with E-state index in [1.54, 1.807) is 0 Å². The quantitative estimate of drug-likeness (QED) is 0.125. The van der Waals surface area contributed by atoms with Crippen LogP contribution in [0.2, 0.25) is 0 Å². The number of amides is 3. The van der Waals surface area contributed by atoms with Gasteiger partial charge in [0, 0.05) is 53.7 Å². The third-order valence-corrected chi connectivity index (χ3v) is 12.3. The van der Waals surface area contributed by atoms with Gasteiger partial charge in [-0.05, 0) is 110 Å². The summed E-state index contributed by atoms with van der Waals surface area (Å²) in [4.78, 5) is 45.5. The SMILES string of the molecule is CC(c1cc(N2CCCCC2)nc2ccccc12)C1(C(C)c2cc(N3CCCCC3)nc3ccccc23)NC(=O)N(c2ccc(SC(F)(F)F)cc2)C1=O. The monoisotopic (exact) mass is 752 g/mol. The number of anilines is 3. The molecule has 3 aliphatic rings. The van der Waals surface area contributed by atoms with Gasteiger partial charge in [0.15, 0.2) is 0 Å². The maximum absolute atomic E-state index is 15.4. The number of nitrogens with one attached hydrogen (secondary N) is 1. The summed E-state index contributed by atoms with van der Waals surface area (Å²) in [6, 6.07) is 24.8. The number of imide groups is 1. The molecule has 3 aromatic carbocycles. The van der Waals surface area contributed by atoms with Crippen molar-refractivity contribution in [2.45, 2.75) is 80.2 Å². The zero-order chi connectivity index (χ0) is 37.6. The van der Waals surface area contributed by atoms with E-state index in [0.717, 1.165) is 101 Å². The molecule has 3 fully saturated rings. The minimum Gasteiger partial charge on any atom is -0.357 e. The van der Waals surface area contributed by atoms with Crippen LogP contribution < -0.4 is 20.0 Å². The summed E-state index contributed by atoms with van der Waals surface area (Å²) in [5.41, 5.74) is -2.40. The van der Waals surface area contributed by atoms with Crippen LogP contribution in [-0.2, 0) is 4.79 Å². The summed E-state index contributed by atoms with van der Waals surface area (Å²) in [5.74, 6) is 0.0635. The predicted octanol–water partition coefficient (Wildman–Crippen LogP) is 9.78. The molecule has 8 rings (SSSR count). The van der Waals surface area contributed by atoms with Crippen LogP contribution in [0.25, 0.3) is 21.8 Å². The van der Waals surface area contributed by atoms with E-state index in [1.807, 2.05) is 62.4 Å². The Morgan fingerprint density at radius 1 is 0.685 bits per heavy atom. The van der Waals surface area contributed by atoms with Crippen molar-refractivity contribution in [2.24, 2.45) is 0 Å². The molecule has 2 aromatic heterocycles. The maximum Gasteiger partial charge on any atom is 0.446 e. The van der Waals surface area contributed by atoms with E-state index in [0.29, 0.717) is 0 Å². The molecule has 2 unspecified atom stereocenters. The Labute approximate surface area is 317 Å². The Bertz CT molecular complexity index is 2090. The number of hydrogen-bond donors (Lipinski definition) is 1. The predicted molar refractivity (Wildman–Crippen MR) is 210 cm³/mol. The zero-order valence-corrected chi connectivity index (χ0v) is 31.2. The van der Waals surface area contributed by atoms with Gasteiger partial charge in [-0.3, -0.25) is 4.79 Å². The molecule has 3 aliphatic heterocycles. The topological polar surface area (TPSA) is 81.7 Å². The number of nitrogens with zero attached hydrogens (tertiary/aromatic N) is 5. The molecule has 12 heteroatoms. The highest BCUT2D eigenvalue weighted by atomic mass is 32.2. The Kier molecular flexibility index (Phi) is 9.66. The van der Waals surface area contributed by atoms with E-state index < -0.39 is 34.8 Å². The first-order valence-electron chi connectivity index (χ1n) is 18.9. The summed E-state index contributed by atoms with van der Waals surface area (Å²) in [5, 5.41) is 5.00. The summed E-state index contributed by atoms with van der Waals surface area (Å²) in [6.45, 7) is 7.53. The van der Waals surface area contributed by atoms with Crippen molar-refractivity contribution in [3.8, 4) is 0 Å². The fourth-order valence-electron chi connectivity index (χ4n) is 8.71. The molecule has 1 N–H and O–H groups in total. The summed E-state index contributed by atoms with van der Waals surface area (Å²) >= 11 is -0.238. The van der Waals surface area contributed by atoms with Gasteiger partial charge in [-0.25, -0.2) is 19.7 Å². The first kappa shape index (κ1) is 36.2. The first-order valence-corrected chi connectivity index (χ1v) is 19.7. The van der Waals surface area contributed by atoms with Crippen LogP contribution in [0.3, 0.4) is 0 Å². The molecule has 3 saturated heterocycles. The standard InChI is InChI=1S/C42H43F3N6O2S/c1-27(33-25-37(49-21-9-3-10-22-49)46-35-15-7-5-13-31(33)35)41(39(52)51(40(53)48-41)29-17-19-30(20-18-29)54-42(43,44)45)28(2)34-26-38(50-23-11-4-12-24-50)47-36-16-8-6-14-32(34)36/h5-8,13-20,25-28H,3-4,9-12,21-24H2,1-2H3,(H,48,53). The minimum atomic E-state index is -4.47. The number of piperidine rings is 2. The van der Waals surface area contributed by atoms with Crippen molar-refractivity contribution in [1.82, 2.24) is 15.3 Å². The smallest absolute Gasteiger partial charge is 0.357 e. The largest absolute Gasteiger partial charge is 0.446 e. The van der Waals surface area contributed by atoms with Crippen LogP contribution in [0.5, 0.6) is 0 Å². The lowest BCUT2D eigenvalue weighted by molar-refractivity contribution is -0.123. The fraction of sp³-hybridized carbons (Fsp3) is 0.381. The van der Waals surface area contributed by atoms with Gasteiger partial charge in [-0.15, -0.1) is 0 Å². The van der Waals surface area contributed by atoms with Crippen molar-refractivity contribution in [3.63, 3.8) is 0 Å². The lowest BCUT2D eigenvalue weighted by atomic mass is 9.68. The second-order valence-electron chi connectivity index (χ2n) is 14.7. The highest BCUT2D eigenvalue weighted by Gasteiger charge is 2.59. The molecule has 0 aliphatic carbocycles. The van der Waals surface area contributed by atoms with Gasteiger partial charge >= 0.3 is 11.5 Å². The zero-order valence-electron chi connectivity index (χ0n) is 30.4. The molecule has 0 spiro atoms. The molecule has 3 amide bonds. The molecule has 280 valence electrons. The average Bonchev–Trinajstić information content (AvgIpc) is 3.46. The van der Waals surface area contributed by atoms with Gasteiger partial charge in [0.1, 0.15) is 17.2 Å². The van der Waals surface area contributed by atoms with Crippen molar-refractivity contribution in [2.75, 3.05) is 40.9 Å². The number of alkyl halides is 3. The van der Waals surface area contributed by atoms with Gasteiger partial charge in [-0.1, -0.05) is 50.2 Å². The molecular formula is C42H43F3N6O2S. The van der Waals surface area contributed by atoms with Crippen LogP contribution in [0.15, 0.2) is 89.8 Å². The number of urea groups is 1. The number of fused-ring (bicyclic) bond motifs is 2. The summed E-state index contributed by atoms with van der Waals surface area (Å²) in [7, 11) is 0. The Morgan fingerprint density at radius 3 is 1.61 bits per heavy atom. The Balaban J connectivity index is 1.30. The molecule has 5 aromatic rings. The first-order chi connectivity index (χ1) is 26.0. The third kappa shape index (κ3) is 6.62. The number of benzene rings is 3. The van der Waals surface area contributed by atoms with Crippen LogP contribution in [0.4, 0.5) is 35.3 Å². The van der Waals surface area contributed by atoms with Gasteiger partial charge in [-0.2, -0.15) is 13.2 Å². The minimum absolute atomic E-state index is 0.0340. The van der Waals surface area contributed by atoms with Gasteiger partial charge in [0.2, 0.25) is 0 Å². The second-order valence-corrected chi connectivity index (χ2v) is 15.8. The van der Waals surface area contributed by atoms with E-state index in [4.69, 9.17) is 9.97 Å². The number of rotatable bonds is 8. The molecule has 5 heterocycles. The Morgan fingerprint density at radius 2 is 1.15 bits per heavy atom. The highest BCUT2D eigenvalue weighted by Crippen LogP contribution is 2.49. The normalized spacial score (nSPS) is 20.8. The van der Waals surface area contributed by atoms with Crippen molar-refractivity contribution in [1.29, 1.82) is 0 Å². The van der Waals surface area contributed by atoms with E-state index in [2.05, 4.69) is 27.2 Å². The number of carbonyl (C=O) groups is 2. The van der Waals surface area contributed by atoms with Crippen LogP contribution in [0.1, 0.15) is 75.3 Å². The Hall–Kier alpha value is -4.84. The summed E-state index contributed by atoms with van der Waals surface area (Å²) < 4.78 is 39.6. The van der Waals surface area contributed by atoms with E-state index in [-0.39, 0.29) is 22.3 Å². The van der Waals surface area contributed by atoms with Crippen molar-refractivity contribution < 1.29 is 22.8 Å². The van der Waals surface area contributed by atoms with Crippen molar-refractivity contribution in [3.05, 3.63) is 96.1 Å². The van der Waals surface area contributed by atoms with E-state index in [1.165, 1.54) is 37.1 Å². The number of pyridine rings is 2. The molecule has 2 atom stereocenters. The number of halogens is 3. The van der Waals surface area contributed by atoms with Crippen LogP contribution >= 0.6 is 11.8 Å². The average molecular weight is 753 g/mol. The van der Waals surface area contributed by atoms with Crippen molar-refractivity contribution >= 4 is 62.8 Å². The molecule has 0 saturated carbocycles. The maximum atomic E-state index is 15.4. The summed E-state index contributed by atoms with van der Waals surface area (Å²) in [6.07, 6.45) is 6.60. The van der Waals surface area contributed by atoms with Crippen LogP contribution in [-0.4, -0.2) is 59.1 Å². The molecule has 0 radical (unpaired) electrons. The number of para-hydroxylation sites is 2. The lowest BCUT2D eigenvalue weighted by Gasteiger charge is -2.40. The highest BCUT2D eigenvalue weighted by molar-refractivity contribution is 8.00. The van der Waals surface area contributed by atoms with Gasteiger partial charge in [0.05, 0.1) is 16.7 Å². The van der Waals surface area contributed by atoms with Crippen LogP contribution in [0, 0.1) is 0 Å². The third-order valence-electron chi connectivity index (χ3n) is 11.5. The lowest BCUT2D eigenvalue weighted by Crippen LogP contribution is -2.55. The number of carbonyl (C=O) groups excluding carboxylic acids is 2. The van der Waals surface area contributed by atoms with E-state index in [9.17, 15) is 18.0 Å².